The molecule has 2 N–H and O–H groups in total. The van der Waals surface area contributed by atoms with Gasteiger partial charge in [0.2, 0.25) is 0 Å². The summed E-state index contributed by atoms with van der Waals surface area (Å²) in [7, 11) is 1.72. The molecule has 2 unspecified atom stereocenters. The smallest absolute Gasteiger partial charge is 0.123 e. The SMILES string of the molecule is CCC(NCC(C)CCO)c1cc(C)ccc1OC. The number of aliphatic hydroxyl groups is 1. The van der Waals surface area contributed by atoms with Gasteiger partial charge in [0.25, 0.3) is 0 Å². The first-order chi connectivity index (χ1) is 9.12. The molecule has 2 atom stereocenters. The molecule has 0 aliphatic rings. The summed E-state index contributed by atoms with van der Waals surface area (Å²) >= 11 is 0. The first-order valence-electron chi connectivity index (χ1n) is 7.11. The molecule has 0 saturated carbocycles. The summed E-state index contributed by atoms with van der Waals surface area (Å²) in [5, 5.41) is 12.5. The summed E-state index contributed by atoms with van der Waals surface area (Å²) in [6, 6.07) is 6.60. The van der Waals surface area contributed by atoms with Gasteiger partial charge in [-0.1, -0.05) is 31.5 Å². The van der Waals surface area contributed by atoms with Crippen LogP contribution >= 0.6 is 0 Å². The quantitative estimate of drug-likeness (QED) is 0.759. The Kier molecular flexibility index (Phi) is 6.89. The number of aliphatic hydroxyl groups excluding tert-OH is 1. The fraction of sp³-hybridized carbons (Fsp3) is 0.625. The van der Waals surface area contributed by atoms with Gasteiger partial charge < -0.3 is 15.2 Å². The van der Waals surface area contributed by atoms with Crippen LogP contribution in [0.4, 0.5) is 0 Å². The highest BCUT2D eigenvalue weighted by Crippen LogP contribution is 2.28. The number of ether oxygens (including phenoxy) is 1. The van der Waals surface area contributed by atoms with Crippen molar-refractivity contribution in [2.45, 2.75) is 39.7 Å². The summed E-state index contributed by atoms with van der Waals surface area (Å²) in [5.74, 6) is 1.43. The highest BCUT2D eigenvalue weighted by atomic mass is 16.5. The summed E-state index contributed by atoms with van der Waals surface area (Å²) < 4.78 is 5.46. The van der Waals surface area contributed by atoms with Crippen molar-refractivity contribution < 1.29 is 9.84 Å². The lowest BCUT2D eigenvalue weighted by molar-refractivity contribution is 0.257. The molecule has 1 rings (SSSR count). The lowest BCUT2D eigenvalue weighted by Gasteiger charge is -2.22. The van der Waals surface area contributed by atoms with E-state index in [1.807, 2.05) is 6.07 Å². The van der Waals surface area contributed by atoms with Crippen molar-refractivity contribution in [2.75, 3.05) is 20.3 Å². The van der Waals surface area contributed by atoms with E-state index in [2.05, 4.69) is 38.2 Å². The third-order valence-corrected chi connectivity index (χ3v) is 3.50. The molecule has 1 aromatic carbocycles. The Bertz CT molecular complexity index is 379. The Morgan fingerprint density at radius 1 is 1.37 bits per heavy atom. The molecule has 108 valence electrons. The van der Waals surface area contributed by atoms with Crippen LogP contribution in [0.25, 0.3) is 0 Å². The van der Waals surface area contributed by atoms with Crippen LogP contribution in [-0.4, -0.2) is 25.4 Å². The van der Waals surface area contributed by atoms with Gasteiger partial charge in [-0.15, -0.1) is 0 Å². The molecule has 1 aromatic rings. The van der Waals surface area contributed by atoms with Crippen molar-refractivity contribution in [1.29, 1.82) is 0 Å². The summed E-state index contributed by atoms with van der Waals surface area (Å²) in [5.41, 5.74) is 2.47. The van der Waals surface area contributed by atoms with Gasteiger partial charge in [-0.2, -0.15) is 0 Å². The van der Waals surface area contributed by atoms with E-state index in [0.29, 0.717) is 12.0 Å². The topological polar surface area (TPSA) is 41.5 Å². The lowest BCUT2D eigenvalue weighted by atomic mass is 10.00. The number of hydrogen-bond acceptors (Lipinski definition) is 3. The van der Waals surface area contributed by atoms with Crippen molar-refractivity contribution in [3.8, 4) is 5.75 Å². The molecule has 3 nitrogen and oxygen atoms in total. The first-order valence-corrected chi connectivity index (χ1v) is 7.11. The van der Waals surface area contributed by atoms with Crippen molar-refractivity contribution in [2.24, 2.45) is 5.92 Å². The van der Waals surface area contributed by atoms with E-state index in [1.165, 1.54) is 11.1 Å². The summed E-state index contributed by atoms with van der Waals surface area (Å²) in [6.45, 7) is 7.60. The van der Waals surface area contributed by atoms with Crippen LogP contribution in [0.5, 0.6) is 5.75 Å². The van der Waals surface area contributed by atoms with E-state index in [9.17, 15) is 0 Å². The molecule has 3 heteroatoms. The molecule has 0 radical (unpaired) electrons. The van der Waals surface area contributed by atoms with Gasteiger partial charge in [0, 0.05) is 18.2 Å². The molecule has 0 bridgehead atoms. The van der Waals surface area contributed by atoms with Crippen molar-refractivity contribution in [3.05, 3.63) is 29.3 Å². The van der Waals surface area contributed by atoms with Gasteiger partial charge in [-0.3, -0.25) is 0 Å². The van der Waals surface area contributed by atoms with Crippen LogP contribution < -0.4 is 10.1 Å². The number of nitrogens with one attached hydrogen (secondary N) is 1. The average Bonchev–Trinajstić information content (AvgIpc) is 2.40. The van der Waals surface area contributed by atoms with E-state index in [1.54, 1.807) is 7.11 Å². The predicted molar refractivity (Wildman–Crippen MR) is 79.6 cm³/mol. The van der Waals surface area contributed by atoms with E-state index >= 15 is 0 Å². The third kappa shape index (κ3) is 4.84. The van der Waals surface area contributed by atoms with E-state index in [4.69, 9.17) is 9.84 Å². The van der Waals surface area contributed by atoms with Gasteiger partial charge in [0.1, 0.15) is 5.75 Å². The van der Waals surface area contributed by atoms with Crippen LogP contribution in [0.2, 0.25) is 0 Å². The van der Waals surface area contributed by atoms with Crippen molar-refractivity contribution >= 4 is 0 Å². The van der Waals surface area contributed by atoms with Crippen LogP contribution in [0, 0.1) is 12.8 Å². The Hall–Kier alpha value is -1.06. The minimum atomic E-state index is 0.257. The largest absolute Gasteiger partial charge is 0.496 e. The second-order valence-electron chi connectivity index (χ2n) is 5.23. The molecular formula is C16H27NO2. The highest BCUT2D eigenvalue weighted by Gasteiger charge is 2.15. The monoisotopic (exact) mass is 265 g/mol. The maximum Gasteiger partial charge on any atom is 0.123 e. The molecule has 0 saturated heterocycles. The average molecular weight is 265 g/mol. The van der Waals surface area contributed by atoms with Crippen LogP contribution in [-0.2, 0) is 0 Å². The third-order valence-electron chi connectivity index (χ3n) is 3.50. The molecule has 19 heavy (non-hydrogen) atoms. The number of methoxy groups -OCH3 is 1. The zero-order chi connectivity index (χ0) is 14.3. The summed E-state index contributed by atoms with van der Waals surface area (Å²) in [4.78, 5) is 0. The zero-order valence-corrected chi connectivity index (χ0v) is 12.6. The van der Waals surface area contributed by atoms with Crippen molar-refractivity contribution in [3.63, 3.8) is 0 Å². The maximum atomic E-state index is 8.95. The Morgan fingerprint density at radius 2 is 2.11 bits per heavy atom. The van der Waals surface area contributed by atoms with E-state index < -0.39 is 0 Å². The molecular weight excluding hydrogens is 238 g/mol. The van der Waals surface area contributed by atoms with Gasteiger partial charge in [-0.25, -0.2) is 0 Å². The molecule has 0 heterocycles. The number of benzene rings is 1. The van der Waals surface area contributed by atoms with Gasteiger partial charge >= 0.3 is 0 Å². The number of rotatable bonds is 8. The molecule has 0 spiro atoms. The minimum absolute atomic E-state index is 0.257. The molecule has 0 fully saturated rings. The second kappa shape index (κ2) is 8.18. The van der Waals surface area contributed by atoms with E-state index in [0.717, 1.165) is 25.1 Å². The molecule has 0 aliphatic carbocycles. The predicted octanol–water partition coefficient (Wildman–Crippen LogP) is 3.06. The van der Waals surface area contributed by atoms with Crippen LogP contribution in [0.1, 0.15) is 43.9 Å². The normalized spacial score (nSPS) is 14.2. The standard InChI is InChI=1S/C16H27NO2/c1-5-15(17-11-13(3)8-9-18)14-10-12(2)6-7-16(14)19-4/h6-7,10,13,15,17-18H,5,8-9,11H2,1-4H3. The fourth-order valence-corrected chi connectivity index (χ4v) is 2.27. The molecule has 0 amide bonds. The molecule has 0 aliphatic heterocycles. The van der Waals surface area contributed by atoms with Crippen molar-refractivity contribution in [1.82, 2.24) is 5.32 Å². The molecule has 0 aromatic heterocycles. The van der Waals surface area contributed by atoms with Gasteiger partial charge in [-0.05, 0) is 38.3 Å². The zero-order valence-electron chi connectivity index (χ0n) is 12.6. The minimum Gasteiger partial charge on any atom is -0.496 e. The number of aryl methyl sites for hydroxylation is 1. The second-order valence-corrected chi connectivity index (χ2v) is 5.23. The van der Waals surface area contributed by atoms with Crippen LogP contribution in [0.15, 0.2) is 18.2 Å². The number of hydrogen-bond donors (Lipinski definition) is 2. The summed E-state index contributed by atoms with van der Waals surface area (Å²) in [6.07, 6.45) is 1.86. The fourth-order valence-electron chi connectivity index (χ4n) is 2.27. The van der Waals surface area contributed by atoms with Gasteiger partial charge in [0.05, 0.1) is 7.11 Å². The first kappa shape index (κ1) is 16.0. The highest BCUT2D eigenvalue weighted by molar-refractivity contribution is 5.39. The Morgan fingerprint density at radius 3 is 2.68 bits per heavy atom. The van der Waals surface area contributed by atoms with Crippen LogP contribution in [0.3, 0.4) is 0 Å². The lowest BCUT2D eigenvalue weighted by Crippen LogP contribution is -2.26. The van der Waals surface area contributed by atoms with Gasteiger partial charge in [0.15, 0.2) is 0 Å². The Balaban J connectivity index is 2.76. The van der Waals surface area contributed by atoms with E-state index in [-0.39, 0.29) is 6.61 Å². The maximum absolute atomic E-state index is 8.95. The Labute approximate surface area is 117 Å².